The highest BCUT2D eigenvalue weighted by molar-refractivity contribution is 7.13. The normalized spacial score (nSPS) is 16.5. The SMILES string of the molecule is O=C(NC(=O)C1CCCCN1)c1ncccc1CCNc1nsc2ccccc12. The van der Waals surface area contributed by atoms with Gasteiger partial charge in [-0.15, -0.1) is 0 Å². The number of benzene rings is 1. The maximum absolute atomic E-state index is 12.6. The highest BCUT2D eigenvalue weighted by Gasteiger charge is 2.24. The summed E-state index contributed by atoms with van der Waals surface area (Å²) in [7, 11) is 0. The van der Waals surface area contributed by atoms with Crippen molar-refractivity contribution in [2.75, 3.05) is 18.4 Å². The lowest BCUT2D eigenvalue weighted by atomic mass is 10.0. The molecule has 7 nitrogen and oxygen atoms in total. The summed E-state index contributed by atoms with van der Waals surface area (Å²) < 4.78 is 5.59. The third-order valence-electron chi connectivity index (χ3n) is 5.03. The number of fused-ring (bicyclic) bond motifs is 1. The Balaban J connectivity index is 1.38. The molecule has 3 N–H and O–H groups in total. The molecule has 1 fully saturated rings. The topological polar surface area (TPSA) is 96.0 Å². The lowest BCUT2D eigenvalue weighted by Crippen LogP contribution is -2.48. The first-order valence-electron chi connectivity index (χ1n) is 9.83. The quantitative estimate of drug-likeness (QED) is 0.542. The Bertz CT molecular complexity index is 1010. The number of carbonyl (C=O) groups is 2. The standard InChI is InChI=1S/C21H23N5O2S/c27-20(16-8-3-4-11-22-16)25-21(28)18-14(6-5-12-23-18)10-13-24-19-15-7-1-2-9-17(15)29-26-19/h1-2,5-7,9,12,16,22H,3-4,8,10-11,13H2,(H,24,26)(H,25,27,28). The molecule has 0 saturated carbocycles. The number of imide groups is 1. The van der Waals surface area contributed by atoms with Gasteiger partial charge < -0.3 is 10.6 Å². The number of anilines is 1. The second-order valence-electron chi connectivity index (χ2n) is 7.04. The molecular weight excluding hydrogens is 386 g/mol. The molecular formula is C21H23N5O2S. The van der Waals surface area contributed by atoms with E-state index in [4.69, 9.17) is 0 Å². The minimum atomic E-state index is -0.447. The second-order valence-corrected chi connectivity index (χ2v) is 7.84. The zero-order valence-electron chi connectivity index (χ0n) is 16.0. The van der Waals surface area contributed by atoms with Crippen molar-refractivity contribution < 1.29 is 9.59 Å². The molecule has 3 aromatic rings. The van der Waals surface area contributed by atoms with E-state index in [9.17, 15) is 9.59 Å². The van der Waals surface area contributed by atoms with Gasteiger partial charge in [0.2, 0.25) is 5.91 Å². The van der Waals surface area contributed by atoms with Crippen LogP contribution in [-0.2, 0) is 11.2 Å². The summed E-state index contributed by atoms with van der Waals surface area (Å²) in [6.07, 6.45) is 4.97. The number of rotatable bonds is 6. The Morgan fingerprint density at radius 3 is 2.93 bits per heavy atom. The Morgan fingerprint density at radius 1 is 1.17 bits per heavy atom. The van der Waals surface area contributed by atoms with Gasteiger partial charge in [0.15, 0.2) is 0 Å². The summed E-state index contributed by atoms with van der Waals surface area (Å²) in [5, 5.41) is 10.1. The van der Waals surface area contributed by atoms with Crippen LogP contribution in [0.4, 0.5) is 5.82 Å². The van der Waals surface area contributed by atoms with E-state index < -0.39 is 5.91 Å². The molecule has 4 rings (SSSR count). The number of amides is 2. The molecule has 2 amide bonds. The fourth-order valence-electron chi connectivity index (χ4n) is 3.51. The van der Waals surface area contributed by atoms with Crippen molar-refractivity contribution in [3.05, 3.63) is 53.9 Å². The monoisotopic (exact) mass is 409 g/mol. The van der Waals surface area contributed by atoms with Crippen LogP contribution >= 0.6 is 11.5 Å². The van der Waals surface area contributed by atoms with Gasteiger partial charge in [0.05, 0.1) is 10.7 Å². The molecule has 1 saturated heterocycles. The van der Waals surface area contributed by atoms with E-state index in [2.05, 4.69) is 25.3 Å². The van der Waals surface area contributed by atoms with Gasteiger partial charge in [-0.25, -0.2) is 0 Å². The van der Waals surface area contributed by atoms with Crippen LogP contribution in [0.3, 0.4) is 0 Å². The molecule has 2 aromatic heterocycles. The van der Waals surface area contributed by atoms with E-state index in [0.29, 0.717) is 18.7 Å². The number of pyridine rings is 1. The van der Waals surface area contributed by atoms with Crippen molar-refractivity contribution >= 4 is 39.3 Å². The van der Waals surface area contributed by atoms with Crippen LogP contribution in [-0.4, -0.2) is 40.3 Å². The molecule has 29 heavy (non-hydrogen) atoms. The molecule has 1 aromatic carbocycles. The molecule has 1 aliphatic heterocycles. The third kappa shape index (κ3) is 4.60. The Morgan fingerprint density at radius 2 is 2.07 bits per heavy atom. The molecule has 1 unspecified atom stereocenters. The van der Waals surface area contributed by atoms with Crippen LogP contribution < -0.4 is 16.0 Å². The first kappa shape index (κ1) is 19.5. The number of piperidine rings is 1. The summed E-state index contributed by atoms with van der Waals surface area (Å²) in [6, 6.07) is 11.4. The highest BCUT2D eigenvalue weighted by atomic mass is 32.1. The molecule has 3 heterocycles. The van der Waals surface area contributed by atoms with Gasteiger partial charge in [-0.2, -0.15) is 4.37 Å². The maximum Gasteiger partial charge on any atom is 0.276 e. The van der Waals surface area contributed by atoms with Crippen molar-refractivity contribution in [1.82, 2.24) is 20.0 Å². The first-order valence-corrected chi connectivity index (χ1v) is 10.6. The van der Waals surface area contributed by atoms with E-state index in [0.717, 1.165) is 47.3 Å². The minimum Gasteiger partial charge on any atom is -0.368 e. The Kier molecular flexibility index (Phi) is 6.12. The molecule has 8 heteroatoms. The molecule has 0 spiro atoms. The van der Waals surface area contributed by atoms with Crippen LogP contribution in [0.2, 0.25) is 0 Å². The summed E-state index contributed by atoms with van der Waals surface area (Å²) in [5.74, 6) is 0.120. The van der Waals surface area contributed by atoms with Crippen LogP contribution in [0.5, 0.6) is 0 Å². The Hall–Kier alpha value is -2.84. The number of aromatic nitrogens is 2. The summed E-state index contributed by atoms with van der Waals surface area (Å²) >= 11 is 1.46. The molecule has 150 valence electrons. The first-order chi connectivity index (χ1) is 14.2. The molecule has 0 radical (unpaired) electrons. The average molecular weight is 410 g/mol. The van der Waals surface area contributed by atoms with Gasteiger partial charge in [0.25, 0.3) is 5.91 Å². The highest BCUT2D eigenvalue weighted by Crippen LogP contribution is 2.26. The van der Waals surface area contributed by atoms with E-state index >= 15 is 0 Å². The van der Waals surface area contributed by atoms with E-state index in [1.54, 1.807) is 12.3 Å². The van der Waals surface area contributed by atoms with Crippen molar-refractivity contribution in [2.24, 2.45) is 0 Å². The minimum absolute atomic E-state index is 0.279. The van der Waals surface area contributed by atoms with Gasteiger partial charge in [-0.05, 0) is 61.1 Å². The van der Waals surface area contributed by atoms with E-state index in [-0.39, 0.29) is 11.9 Å². The zero-order valence-corrected chi connectivity index (χ0v) is 16.8. The van der Waals surface area contributed by atoms with Gasteiger partial charge in [-0.3, -0.25) is 19.9 Å². The molecule has 1 atom stereocenters. The number of hydrogen-bond donors (Lipinski definition) is 3. The summed E-state index contributed by atoms with van der Waals surface area (Å²) in [6.45, 7) is 1.41. The van der Waals surface area contributed by atoms with Crippen LogP contribution in [0.1, 0.15) is 35.3 Å². The largest absolute Gasteiger partial charge is 0.368 e. The van der Waals surface area contributed by atoms with E-state index in [1.165, 1.54) is 11.5 Å². The Labute approximate surface area is 173 Å². The predicted octanol–water partition coefficient (Wildman–Crippen LogP) is 2.74. The third-order valence-corrected chi connectivity index (χ3v) is 5.86. The lowest BCUT2D eigenvalue weighted by molar-refractivity contribution is -0.122. The van der Waals surface area contributed by atoms with Crippen LogP contribution in [0, 0.1) is 0 Å². The van der Waals surface area contributed by atoms with Gasteiger partial charge in [0, 0.05) is 18.1 Å². The van der Waals surface area contributed by atoms with Gasteiger partial charge >= 0.3 is 0 Å². The number of hydrogen-bond acceptors (Lipinski definition) is 7. The fourth-order valence-corrected chi connectivity index (χ4v) is 4.26. The predicted molar refractivity (Wildman–Crippen MR) is 114 cm³/mol. The average Bonchev–Trinajstić information content (AvgIpc) is 3.18. The van der Waals surface area contributed by atoms with Crippen molar-refractivity contribution in [1.29, 1.82) is 0 Å². The zero-order chi connectivity index (χ0) is 20.1. The van der Waals surface area contributed by atoms with Crippen molar-refractivity contribution in [3.63, 3.8) is 0 Å². The number of nitrogens with one attached hydrogen (secondary N) is 3. The van der Waals surface area contributed by atoms with Crippen molar-refractivity contribution in [2.45, 2.75) is 31.7 Å². The van der Waals surface area contributed by atoms with Crippen LogP contribution in [0.15, 0.2) is 42.6 Å². The molecule has 1 aliphatic rings. The lowest BCUT2D eigenvalue weighted by Gasteiger charge is -2.22. The smallest absolute Gasteiger partial charge is 0.276 e. The van der Waals surface area contributed by atoms with E-state index in [1.807, 2.05) is 30.3 Å². The molecule has 0 bridgehead atoms. The summed E-state index contributed by atoms with van der Waals surface area (Å²) in [4.78, 5) is 29.2. The van der Waals surface area contributed by atoms with Crippen molar-refractivity contribution in [3.8, 4) is 0 Å². The summed E-state index contributed by atoms with van der Waals surface area (Å²) in [5.41, 5.74) is 1.09. The van der Waals surface area contributed by atoms with Gasteiger partial charge in [-0.1, -0.05) is 24.6 Å². The number of carbonyl (C=O) groups excluding carboxylic acids is 2. The molecule has 0 aliphatic carbocycles. The van der Waals surface area contributed by atoms with Crippen LogP contribution in [0.25, 0.3) is 10.1 Å². The second kappa shape index (κ2) is 9.11. The van der Waals surface area contributed by atoms with Gasteiger partial charge in [0.1, 0.15) is 11.5 Å². The maximum atomic E-state index is 12.6. The number of nitrogens with zero attached hydrogens (tertiary/aromatic N) is 2. The fraction of sp³-hybridized carbons (Fsp3) is 0.333.